The lowest BCUT2D eigenvalue weighted by Gasteiger charge is -2.08. The van der Waals surface area contributed by atoms with Crippen LogP contribution < -0.4 is 5.32 Å². The van der Waals surface area contributed by atoms with Gasteiger partial charge in [-0.05, 0) is 42.8 Å². The molecule has 0 spiro atoms. The Labute approximate surface area is 194 Å². The fourth-order valence-electron chi connectivity index (χ4n) is 3.56. The zero-order valence-corrected chi connectivity index (χ0v) is 18.8. The molecular weight excluding hydrogens is 445 g/mol. The van der Waals surface area contributed by atoms with Gasteiger partial charge < -0.3 is 9.88 Å². The van der Waals surface area contributed by atoms with Crippen LogP contribution in [0.2, 0.25) is 0 Å². The minimum absolute atomic E-state index is 0.108. The fraction of sp³-hybridized carbons (Fsp3) is 0.192. The molecule has 1 aromatic heterocycles. The maximum atomic E-state index is 12.8. The standard InChI is InChI=1S/C26H23F3N2OS/c1-18-6-10-20(11-7-18)25(32)30-14-15-31-16-24(22-4-2-3-5-23(22)31)33-17-19-8-12-21(13-9-19)26(27,28)29/h2-13,16H,14-15,17H2,1H3,(H,30,32). The highest BCUT2D eigenvalue weighted by molar-refractivity contribution is 7.98. The number of halogens is 3. The molecule has 0 aliphatic carbocycles. The first kappa shape index (κ1) is 23.0. The van der Waals surface area contributed by atoms with Crippen molar-refractivity contribution in [1.29, 1.82) is 0 Å². The van der Waals surface area contributed by atoms with Crippen LogP contribution in [0.5, 0.6) is 0 Å². The van der Waals surface area contributed by atoms with E-state index in [0.29, 0.717) is 24.4 Å². The number of thioether (sulfide) groups is 1. The molecule has 33 heavy (non-hydrogen) atoms. The van der Waals surface area contributed by atoms with E-state index in [1.54, 1.807) is 11.8 Å². The number of nitrogens with zero attached hydrogens (tertiary/aromatic N) is 1. The first-order valence-electron chi connectivity index (χ1n) is 10.5. The van der Waals surface area contributed by atoms with E-state index < -0.39 is 11.7 Å². The Balaban J connectivity index is 1.42. The van der Waals surface area contributed by atoms with Gasteiger partial charge in [-0.1, -0.05) is 48.0 Å². The third-order valence-corrected chi connectivity index (χ3v) is 6.49. The van der Waals surface area contributed by atoms with E-state index in [1.165, 1.54) is 12.1 Å². The van der Waals surface area contributed by atoms with Gasteiger partial charge in [0, 0.05) is 46.4 Å². The van der Waals surface area contributed by atoms with E-state index in [1.807, 2.05) is 61.7 Å². The Kier molecular flexibility index (Phi) is 6.79. The predicted molar refractivity (Wildman–Crippen MR) is 126 cm³/mol. The van der Waals surface area contributed by atoms with Gasteiger partial charge in [0.05, 0.1) is 5.56 Å². The molecule has 0 aliphatic rings. The second-order valence-electron chi connectivity index (χ2n) is 7.81. The topological polar surface area (TPSA) is 34.0 Å². The molecule has 3 aromatic carbocycles. The summed E-state index contributed by atoms with van der Waals surface area (Å²) < 4.78 is 40.4. The number of hydrogen-bond acceptors (Lipinski definition) is 2. The molecule has 0 fully saturated rings. The summed E-state index contributed by atoms with van der Waals surface area (Å²) in [4.78, 5) is 13.4. The Morgan fingerprint density at radius 3 is 2.36 bits per heavy atom. The molecule has 0 bridgehead atoms. The highest BCUT2D eigenvalue weighted by atomic mass is 32.2. The van der Waals surface area contributed by atoms with Crippen molar-refractivity contribution >= 4 is 28.6 Å². The van der Waals surface area contributed by atoms with Gasteiger partial charge >= 0.3 is 6.18 Å². The molecule has 0 aliphatic heterocycles. The van der Waals surface area contributed by atoms with Crippen molar-refractivity contribution in [2.45, 2.75) is 30.3 Å². The summed E-state index contributed by atoms with van der Waals surface area (Å²) >= 11 is 1.59. The van der Waals surface area contributed by atoms with E-state index in [9.17, 15) is 18.0 Å². The lowest BCUT2D eigenvalue weighted by molar-refractivity contribution is -0.137. The van der Waals surface area contributed by atoms with Crippen LogP contribution in [-0.4, -0.2) is 17.0 Å². The minimum Gasteiger partial charge on any atom is -0.350 e. The average molecular weight is 469 g/mol. The first-order valence-corrected chi connectivity index (χ1v) is 11.5. The number of alkyl halides is 3. The second kappa shape index (κ2) is 9.75. The van der Waals surface area contributed by atoms with Gasteiger partial charge in [0.1, 0.15) is 0 Å². The van der Waals surface area contributed by atoms with E-state index in [-0.39, 0.29) is 5.91 Å². The van der Waals surface area contributed by atoms with Gasteiger partial charge in [-0.25, -0.2) is 0 Å². The predicted octanol–water partition coefficient (Wildman–Crippen LogP) is 6.69. The number of amides is 1. The van der Waals surface area contributed by atoms with Crippen molar-refractivity contribution in [2.75, 3.05) is 6.54 Å². The van der Waals surface area contributed by atoms with Crippen LogP contribution in [0.3, 0.4) is 0 Å². The number of fused-ring (bicyclic) bond motifs is 1. The van der Waals surface area contributed by atoms with Gasteiger partial charge in [0.25, 0.3) is 5.91 Å². The molecule has 1 N–H and O–H groups in total. The highest BCUT2D eigenvalue weighted by Gasteiger charge is 2.29. The number of rotatable bonds is 7. The van der Waals surface area contributed by atoms with Crippen LogP contribution in [0.25, 0.3) is 10.9 Å². The second-order valence-corrected chi connectivity index (χ2v) is 8.83. The first-order chi connectivity index (χ1) is 15.8. The highest BCUT2D eigenvalue weighted by Crippen LogP contribution is 2.33. The third kappa shape index (κ3) is 5.60. The number of aromatic nitrogens is 1. The van der Waals surface area contributed by atoms with Crippen molar-refractivity contribution < 1.29 is 18.0 Å². The number of para-hydroxylation sites is 1. The van der Waals surface area contributed by atoms with Gasteiger partial charge in [-0.3, -0.25) is 4.79 Å². The van der Waals surface area contributed by atoms with Crippen LogP contribution in [0.15, 0.2) is 83.9 Å². The van der Waals surface area contributed by atoms with Crippen molar-refractivity contribution in [2.24, 2.45) is 0 Å². The summed E-state index contributed by atoms with van der Waals surface area (Å²) in [5, 5.41) is 4.04. The maximum Gasteiger partial charge on any atom is 0.416 e. The number of benzene rings is 3. The zero-order valence-electron chi connectivity index (χ0n) is 18.0. The number of hydrogen-bond donors (Lipinski definition) is 1. The molecule has 0 unspecified atom stereocenters. The molecule has 4 aromatic rings. The Morgan fingerprint density at radius 2 is 1.67 bits per heavy atom. The van der Waals surface area contributed by atoms with Crippen LogP contribution in [0.4, 0.5) is 13.2 Å². The Hall–Kier alpha value is -3.19. The molecule has 4 rings (SSSR count). The quantitative estimate of drug-likeness (QED) is 0.307. The Morgan fingerprint density at radius 1 is 0.970 bits per heavy atom. The molecular formula is C26H23F3N2OS. The van der Waals surface area contributed by atoms with Crippen molar-refractivity contribution in [1.82, 2.24) is 9.88 Å². The van der Waals surface area contributed by atoms with E-state index >= 15 is 0 Å². The van der Waals surface area contributed by atoms with Gasteiger partial charge in [0.15, 0.2) is 0 Å². The lowest BCUT2D eigenvalue weighted by Crippen LogP contribution is -2.27. The summed E-state index contributed by atoms with van der Waals surface area (Å²) in [6, 6.07) is 20.7. The monoisotopic (exact) mass is 468 g/mol. The van der Waals surface area contributed by atoms with E-state index in [0.717, 1.165) is 39.1 Å². The molecule has 1 amide bonds. The summed E-state index contributed by atoms with van der Waals surface area (Å²) in [6.45, 7) is 3.07. The minimum atomic E-state index is -4.33. The maximum absolute atomic E-state index is 12.8. The van der Waals surface area contributed by atoms with Gasteiger partial charge in [0.2, 0.25) is 0 Å². The van der Waals surface area contributed by atoms with Gasteiger partial charge in [-0.2, -0.15) is 13.2 Å². The number of carbonyl (C=O) groups excluding carboxylic acids is 1. The van der Waals surface area contributed by atoms with Crippen LogP contribution in [-0.2, 0) is 18.5 Å². The van der Waals surface area contributed by atoms with Crippen molar-refractivity contribution in [3.63, 3.8) is 0 Å². The summed E-state index contributed by atoms with van der Waals surface area (Å²) in [5.74, 6) is 0.458. The molecule has 0 radical (unpaired) electrons. The summed E-state index contributed by atoms with van der Waals surface area (Å²) in [7, 11) is 0. The number of nitrogens with one attached hydrogen (secondary N) is 1. The van der Waals surface area contributed by atoms with E-state index in [4.69, 9.17) is 0 Å². The molecule has 7 heteroatoms. The summed E-state index contributed by atoms with van der Waals surface area (Å²) in [5.41, 5.74) is 2.98. The van der Waals surface area contributed by atoms with Crippen LogP contribution >= 0.6 is 11.8 Å². The van der Waals surface area contributed by atoms with Crippen molar-refractivity contribution in [3.05, 3.63) is 101 Å². The van der Waals surface area contributed by atoms with Crippen LogP contribution in [0.1, 0.15) is 27.0 Å². The average Bonchev–Trinajstić information content (AvgIpc) is 3.15. The third-order valence-electron chi connectivity index (χ3n) is 5.38. The molecule has 0 atom stereocenters. The number of carbonyl (C=O) groups is 1. The molecule has 0 saturated carbocycles. The van der Waals surface area contributed by atoms with Crippen molar-refractivity contribution in [3.8, 4) is 0 Å². The number of aryl methyl sites for hydroxylation is 1. The lowest BCUT2D eigenvalue weighted by atomic mass is 10.1. The normalized spacial score (nSPS) is 11.6. The zero-order chi connectivity index (χ0) is 23.4. The molecule has 3 nitrogen and oxygen atoms in total. The smallest absolute Gasteiger partial charge is 0.350 e. The molecule has 0 saturated heterocycles. The fourth-order valence-corrected chi connectivity index (χ4v) is 4.61. The Bertz CT molecular complexity index is 1250. The van der Waals surface area contributed by atoms with Gasteiger partial charge in [-0.15, -0.1) is 11.8 Å². The SMILES string of the molecule is Cc1ccc(C(=O)NCCn2cc(SCc3ccc(C(F)(F)F)cc3)c3ccccc32)cc1. The largest absolute Gasteiger partial charge is 0.416 e. The van der Waals surface area contributed by atoms with Crippen LogP contribution in [0, 0.1) is 6.92 Å². The molecule has 170 valence electrons. The molecule has 1 heterocycles. The van der Waals surface area contributed by atoms with E-state index in [2.05, 4.69) is 9.88 Å². The summed E-state index contributed by atoms with van der Waals surface area (Å²) in [6.07, 6.45) is -2.29.